The SMILES string of the molecule is C=C/C(=C\C=C/C)c1ccc(C)cc1.N=C(N=C(N)c1ccccc1)c1cccc(Br)c1. The Hall–Kier alpha value is -3.50. The third-order valence-corrected chi connectivity index (χ3v) is 4.97. The molecule has 0 amide bonds. The van der Waals surface area contributed by atoms with Crippen LogP contribution in [-0.4, -0.2) is 11.7 Å². The molecule has 3 rings (SSSR count). The zero-order chi connectivity index (χ0) is 23.3. The van der Waals surface area contributed by atoms with Crippen molar-refractivity contribution in [2.24, 2.45) is 10.7 Å². The highest BCUT2D eigenvalue weighted by Crippen LogP contribution is 2.16. The monoisotopic (exact) mass is 485 g/mol. The summed E-state index contributed by atoms with van der Waals surface area (Å²) in [5.74, 6) is 0.498. The second-order valence-electron chi connectivity index (χ2n) is 6.94. The summed E-state index contributed by atoms with van der Waals surface area (Å²) in [6.07, 6.45) is 7.98. The van der Waals surface area contributed by atoms with Gasteiger partial charge in [0.1, 0.15) is 5.84 Å². The average molecular weight is 486 g/mol. The van der Waals surface area contributed by atoms with Crippen molar-refractivity contribution < 1.29 is 0 Å². The molecule has 32 heavy (non-hydrogen) atoms. The predicted octanol–water partition coefficient (Wildman–Crippen LogP) is 7.32. The topological polar surface area (TPSA) is 62.2 Å². The maximum atomic E-state index is 7.92. The van der Waals surface area contributed by atoms with E-state index < -0.39 is 0 Å². The number of benzene rings is 3. The molecule has 0 aromatic heterocycles. The number of rotatable bonds is 5. The highest BCUT2D eigenvalue weighted by atomic mass is 79.9. The van der Waals surface area contributed by atoms with Crippen LogP contribution >= 0.6 is 15.9 Å². The van der Waals surface area contributed by atoms with Crippen LogP contribution in [0.2, 0.25) is 0 Å². The molecule has 0 aliphatic carbocycles. The highest BCUT2D eigenvalue weighted by molar-refractivity contribution is 9.10. The van der Waals surface area contributed by atoms with Crippen LogP contribution in [0, 0.1) is 12.3 Å². The van der Waals surface area contributed by atoms with Gasteiger partial charge < -0.3 is 5.73 Å². The van der Waals surface area contributed by atoms with Gasteiger partial charge in [0.25, 0.3) is 0 Å². The quantitative estimate of drug-likeness (QED) is 0.222. The molecule has 3 nitrogen and oxygen atoms in total. The standard InChI is InChI=1S/C14H12BrN3.C14H16/c15-12-8-4-7-11(9-12)14(17)18-13(16)10-5-2-1-3-6-10;1-4-6-7-13(5-2)14-10-8-12(3)9-11-14/h1-9H,(H3,16,17,18);4-11H,2H2,1,3H3/b;6-4-,13-7+. The fourth-order valence-corrected chi connectivity index (χ4v) is 3.12. The number of nitrogens with zero attached hydrogens (tertiary/aromatic N) is 1. The Morgan fingerprint density at radius 1 is 0.938 bits per heavy atom. The zero-order valence-electron chi connectivity index (χ0n) is 18.4. The second kappa shape index (κ2) is 13.0. The summed E-state index contributed by atoms with van der Waals surface area (Å²) in [6.45, 7) is 7.91. The Morgan fingerprint density at radius 3 is 2.19 bits per heavy atom. The lowest BCUT2D eigenvalue weighted by atomic mass is 10.0. The molecular formula is C28H28BrN3. The number of nitrogens with two attached hydrogens (primary N) is 1. The summed E-state index contributed by atoms with van der Waals surface area (Å²) in [4.78, 5) is 4.12. The molecule has 0 saturated carbocycles. The van der Waals surface area contributed by atoms with Gasteiger partial charge in [-0.3, -0.25) is 5.41 Å². The number of hydrogen-bond donors (Lipinski definition) is 2. The van der Waals surface area contributed by atoms with Gasteiger partial charge in [-0.05, 0) is 37.1 Å². The third kappa shape index (κ3) is 7.97. The number of halogens is 1. The molecule has 3 aromatic carbocycles. The first-order chi connectivity index (χ1) is 15.4. The van der Waals surface area contributed by atoms with E-state index in [0.717, 1.165) is 21.2 Å². The van der Waals surface area contributed by atoms with Crippen molar-refractivity contribution in [2.45, 2.75) is 13.8 Å². The molecule has 0 radical (unpaired) electrons. The second-order valence-corrected chi connectivity index (χ2v) is 7.86. The molecule has 0 bridgehead atoms. The molecule has 3 aromatic rings. The van der Waals surface area contributed by atoms with E-state index in [-0.39, 0.29) is 5.84 Å². The van der Waals surface area contributed by atoms with Crippen molar-refractivity contribution >= 4 is 33.2 Å². The van der Waals surface area contributed by atoms with E-state index >= 15 is 0 Å². The molecule has 0 unspecified atom stereocenters. The summed E-state index contributed by atoms with van der Waals surface area (Å²) in [6, 6.07) is 25.3. The van der Waals surface area contributed by atoms with Gasteiger partial charge in [-0.2, -0.15) is 0 Å². The van der Waals surface area contributed by atoms with Crippen molar-refractivity contribution in [3.8, 4) is 0 Å². The van der Waals surface area contributed by atoms with Gasteiger partial charge in [-0.25, -0.2) is 4.99 Å². The van der Waals surface area contributed by atoms with Gasteiger partial charge in [0.05, 0.1) is 0 Å². The minimum Gasteiger partial charge on any atom is -0.383 e. The van der Waals surface area contributed by atoms with Crippen molar-refractivity contribution in [1.29, 1.82) is 5.41 Å². The maximum absolute atomic E-state index is 7.92. The normalized spacial score (nSPS) is 11.6. The molecule has 3 N–H and O–H groups in total. The molecule has 0 atom stereocenters. The van der Waals surface area contributed by atoms with E-state index in [0.29, 0.717) is 5.84 Å². The number of aliphatic imine (C=N–C) groups is 1. The Kier molecular flexibility index (Phi) is 10.1. The van der Waals surface area contributed by atoms with Crippen LogP contribution in [0.3, 0.4) is 0 Å². The van der Waals surface area contributed by atoms with Gasteiger partial charge in [-0.1, -0.05) is 119 Å². The minimum atomic E-state index is 0.151. The molecule has 0 spiro atoms. The van der Waals surface area contributed by atoms with Gasteiger partial charge in [0, 0.05) is 15.6 Å². The van der Waals surface area contributed by atoms with E-state index in [4.69, 9.17) is 11.1 Å². The largest absolute Gasteiger partial charge is 0.383 e. The van der Waals surface area contributed by atoms with Crippen LogP contribution in [0.15, 0.2) is 119 Å². The van der Waals surface area contributed by atoms with Gasteiger partial charge in [-0.15, -0.1) is 0 Å². The summed E-state index contributed by atoms with van der Waals surface area (Å²) in [7, 11) is 0. The number of hydrogen-bond acceptors (Lipinski definition) is 1. The minimum absolute atomic E-state index is 0.151. The molecule has 0 aliphatic heterocycles. The summed E-state index contributed by atoms with van der Waals surface area (Å²) in [5.41, 5.74) is 11.1. The predicted molar refractivity (Wildman–Crippen MR) is 142 cm³/mol. The first kappa shape index (κ1) is 24.8. The fraction of sp³-hybridized carbons (Fsp3) is 0.0714. The Labute approximate surface area is 199 Å². The van der Waals surface area contributed by atoms with Crippen molar-refractivity contribution in [1.82, 2.24) is 0 Å². The van der Waals surface area contributed by atoms with Crippen LogP contribution in [0.5, 0.6) is 0 Å². The molecule has 162 valence electrons. The summed E-state index contributed by atoms with van der Waals surface area (Å²) < 4.78 is 0.915. The van der Waals surface area contributed by atoms with E-state index in [1.54, 1.807) is 0 Å². The first-order valence-electron chi connectivity index (χ1n) is 10.2. The van der Waals surface area contributed by atoms with Gasteiger partial charge in [0.15, 0.2) is 5.84 Å². The van der Waals surface area contributed by atoms with Gasteiger partial charge >= 0.3 is 0 Å². The Bertz CT molecular complexity index is 1120. The molecule has 4 heteroatoms. The summed E-state index contributed by atoms with van der Waals surface area (Å²) in [5, 5.41) is 7.92. The van der Waals surface area contributed by atoms with E-state index in [2.05, 4.69) is 64.8 Å². The summed E-state index contributed by atoms with van der Waals surface area (Å²) >= 11 is 3.37. The molecule has 0 fully saturated rings. The van der Waals surface area contributed by atoms with Crippen LogP contribution in [0.4, 0.5) is 0 Å². The maximum Gasteiger partial charge on any atom is 0.154 e. The first-order valence-corrected chi connectivity index (χ1v) is 11.0. The Balaban J connectivity index is 0.000000235. The molecule has 0 saturated heterocycles. The number of aryl methyl sites for hydroxylation is 1. The lowest BCUT2D eigenvalue weighted by molar-refractivity contribution is 1.39. The highest BCUT2D eigenvalue weighted by Gasteiger charge is 2.03. The Morgan fingerprint density at radius 2 is 1.59 bits per heavy atom. The van der Waals surface area contributed by atoms with Crippen molar-refractivity contribution in [2.75, 3.05) is 0 Å². The van der Waals surface area contributed by atoms with Gasteiger partial charge in [0.2, 0.25) is 0 Å². The lowest BCUT2D eigenvalue weighted by Crippen LogP contribution is -2.15. The van der Waals surface area contributed by atoms with E-state index in [1.165, 1.54) is 11.1 Å². The number of amidine groups is 2. The third-order valence-electron chi connectivity index (χ3n) is 4.47. The van der Waals surface area contributed by atoms with E-state index in [1.807, 2.05) is 79.7 Å². The van der Waals surface area contributed by atoms with Crippen LogP contribution in [-0.2, 0) is 0 Å². The van der Waals surface area contributed by atoms with E-state index in [9.17, 15) is 0 Å². The molecule has 0 heterocycles. The molecular weight excluding hydrogens is 458 g/mol. The van der Waals surface area contributed by atoms with Crippen molar-refractivity contribution in [3.63, 3.8) is 0 Å². The number of nitrogens with one attached hydrogen (secondary N) is 1. The average Bonchev–Trinajstić information content (AvgIpc) is 2.81. The molecule has 0 aliphatic rings. The van der Waals surface area contributed by atoms with Crippen molar-refractivity contribution in [3.05, 3.63) is 136 Å². The van der Waals surface area contributed by atoms with Crippen LogP contribution in [0.1, 0.15) is 29.2 Å². The smallest absolute Gasteiger partial charge is 0.154 e. The zero-order valence-corrected chi connectivity index (χ0v) is 20.0. The fourth-order valence-electron chi connectivity index (χ4n) is 2.72. The lowest BCUT2D eigenvalue weighted by Gasteiger charge is -2.02. The van der Waals surface area contributed by atoms with Crippen LogP contribution in [0.25, 0.3) is 5.57 Å². The van der Waals surface area contributed by atoms with Crippen LogP contribution < -0.4 is 5.73 Å². The number of allylic oxidation sites excluding steroid dienone is 5.